The average molecular weight is 393 g/mol. The maximum Gasteiger partial charge on any atom is 0.312 e. The van der Waals surface area contributed by atoms with Gasteiger partial charge < -0.3 is 4.74 Å². The summed E-state index contributed by atoms with van der Waals surface area (Å²) >= 11 is 0. The fourth-order valence-electron chi connectivity index (χ4n) is 5.65. The predicted molar refractivity (Wildman–Crippen MR) is 107 cm³/mol. The van der Waals surface area contributed by atoms with Crippen molar-refractivity contribution < 1.29 is 19.1 Å². The SMILES string of the molecule is CC(C)(C)c1ccc(OC(=O)CCN2C(=O)[C@@H]3[C@@H]4C=C[C@H]([C@H]5C[C@@H]45)[C@@H]3C2=O)cc1. The molecule has 3 fully saturated rings. The van der Waals surface area contributed by atoms with Crippen molar-refractivity contribution in [2.75, 3.05) is 6.54 Å². The van der Waals surface area contributed by atoms with Gasteiger partial charge in [-0.05, 0) is 53.2 Å². The molecule has 0 unspecified atom stereocenters. The van der Waals surface area contributed by atoms with Crippen LogP contribution in [0.25, 0.3) is 0 Å². The number of allylic oxidation sites excluding steroid dienone is 2. The van der Waals surface area contributed by atoms with E-state index < -0.39 is 5.97 Å². The van der Waals surface area contributed by atoms with E-state index in [9.17, 15) is 14.4 Å². The normalized spacial score (nSPS) is 34.2. The van der Waals surface area contributed by atoms with Gasteiger partial charge in [-0.3, -0.25) is 19.3 Å². The number of carbonyl (C=O) groups is 3. The first-order valence-corrected chi connectivity index (χ1v) is 10.6. The third kappa shape index (κ3) is 2.93. The molecule has 152 valence electrons. The summed E-state index contributed by atoms with van der Waals surface area (Å²) in [5.41, 5.74) is 1.19. The largest absolute Gasteiger partial charge is 0.426 e. The minimum atomic E-state index is -0.423. The Morgan fingerprint density at radius 3 is 2.07 bits per heavy atom. The maximum absolute atomic E-state index is 12.9. The second-order valence-corrected chi connectivity index (χ2v) is 9.98. The molecular weight excluding hydrogens is 366 g/mol. The average Bonchev–Trinajstić information content (AvgIpc) is 3.45. The van der Waals surface area contributed by atoms with Crippen molar-refractivity contribution >= 4 is 17.8 Å². The van der Waals surface area contributed by atoms with Crippen LogP contribution in [-0.4, -0.2) is 29.2 Å². The Morgan fingerprint density at radius 1 is 1.00 bits per heavy atom. The van der Waals surface area contributed by atoms with Gasteiger partial charge in [0, 0.05) is 6.54 Å². The van der Waals surface area contributed by atoms with E-state index in [0.717, 1.165) is 12.0 Å². The van der Waals surface area contributed by atoms with E-state index in [4.69, 9.17) is 4.74 Å². The Morgan fingerprint density at radius 2 is 1.55 bits per heavy atom. The van der Waals surface area contributed by atoms with E-state index >= 15 is 0 Å². The zero-order chi connectivity index (χ0) is 20.5. The van der Waals surface area contributed by atoms with Crippen molar-refractivity contribution in [3.63, 3.8) is 0 Å². The lowest BCUT2D eigenvalue weighted by molar-refractivity contribution is -0.141. The van der Waals surface area contributed by atoms with Crippen LogP contribution in [0.2, 0.25) is 0 Å². The molecule has 1 aliphatic heterocycles. The molecule has 0 aromatic heterocycles. The van der Waals surface area contributed by atoms with Gasteiger partial charge in [0.2, 0.25) is 11.8 Å². The van der Waals surface area contributed by atoms with Gasteiger partial charge in [-0.25, -0.2) is 0 Å². The lowest BCUT2D eigenvalue weighted by atomic mass is 9.63. The van der Waals surface area contributed by atoms with E-state index in [1.807, 2.05) is 12.1 Å². The zero-order valence-electron chi connectivity index (χ0n) is 17.1. The molecule has 1 saturated heterocycles. The van der Waals surface area contributed by atoms with Crippen molar-refractivity contribution in [1.82, 2.24) is 4.90 Å². The molecule has 1 aromatic rings. The highest BCUT2D eigenvalue weighted by atomic mass is 16.5. The monoisotopic (exact) mass is 393 g/mol. The number of amides is 2. The molecule has 0 N–H and O–H groups in total. The van der Waals surface area contributed by atoms with Crippen molar-refractivity contribution in [2.24, 2.45) is 35.5 Å². The third-order valence-electron chi connectivity index (χ3n) is 7.25. The fraction of sp³-hybridized carbons (Fsp3) is 0.542. The van der Waals surface area contributed by atoms with Crippen LogP contribution in [0, 0.1) is 35.5 Å². The quantitative estimate of drug-likeness (QED) is 0.341. The molecule has 0 radical (unpaired) electrons. The van der Waals surface area contributed by atoms with Gasteiger partial charge in [0.25, 0.3) is 0 Å². The number of hydrogen-bond donors (Lipinski definition) is 0. The number of nitrogens with zero attached hydrogens (tertiary/aromatic N) is 1. The summed E-state index contributed by atoms with van der Waals surface area (Å²) in [6, 6.07) is 7.48. The maximum atomic E-state index is 12.9. The molecule has 29 heavy (non-hydrogen) atoms. The molecule has 2 amide bonds. The highest BCUT2D eigenvalue weighted by Crippen LogP contribution is 2.65. The van der Waals surface area contributed by atoms with E-state index in [1.165, 1.54) is 4.90 Å². The molecule has 1 heterocycles. The minimum absolute atomic E-state index is 0.0214. The molecule has 5 nitrogen and oxygen atoms in total. The zero-order valence-corrected chi connectivity index (χ0v) is 17.1. The molecule has 5 aliphatic rings. The second-order valence-electron chi connectivity index (χ2n) is 9.98. The third-order valence-corrected chi connectivity index (χ3v) is 7.25. The Bertz CT molecular complexity index is 874. The van der Waals surface area contributed by atoms with Gasteiger partial charge in [-0.1, -0.05) is 45.1 Å². The highest BCUT2D eigenvalue weighted by Gasteiger charge is 2.66. The topological polar surface area (TPSA) is 63.7 Å². The van der Waals surface area contributed by atoms with Crippen LogP contribution >= 0.6 is 0 Å². The minimum Gasteiger partial charge on any atom is -0.426 e. The lowest BCUT2D eigenvalue weighted by Gasteiger charge is -2.37. The van der Waals surface area contributed by atoms with E-state index in [-0.39, 0.29) is 53.9 Å². The predicted octanol–water partition coefficient (Wildman–Crippen LogP) is 3.33. The number of esters is 1. The second kappa shape index (κ2) is 6.28. The van der Waals surface area contributed by atoms with Gasteiger partial charge >= 0.3 is 5.97 Å². The van der Waals surface area contributed by atoms with Crippen LogP contribution in [0.5, 0.6) is 5.75 Å². The summed E-state index contributed by atoms with van der Waals surface area (Å²) in [7, 11) is 0. The first-order valence-electron chi connectivity index (χ1n) is 10.6. The Balaban J connectivity index is 1.20. The van der Waals surface area contributed by atoms with E-state index in [2.05, 4.69) is 32.9 Å². The van der Waals surface area contributed by atoms with Crippen molar-refractivity contribution in [2.45, 2.75) is 39.0 Å². The first-order chi connectivity index (χ1) is 13.8. The van der Waals surface area contributed by atoms with Gasteiger partial charge in [-0.15, -0.1) is 0 Å². The van der Waals surface area contributed by atoms with Crippen LogP contribution in [-0.2, 0) is 19.8 Å². The van der Waals surface area contributed by atoms with Gasteiger partial charge in [-0.2, -0.15) is 0 Å². The van der Waals surface area contributed by atoms with Crippen LogP contribution in [0.3, 0.4) is 0 Å². The van der Waals surface area contributed by atoms with Crippen LogP contribution < -0.4 is 4.74 Å². The van der Waals surface area contributed by atoms with Crippen LogP contribution in [0.1, 0.15) is 39.2 Å². The summed E-state index contributed by atoms with van der Waals surface area (Å²) in [6.07, 6.45) is 5.48. The number of benzene rings is 1. The molecule has 2 saturated carbocycles. The van der Waals surface area contributed by atoms with Gasteiger partial charge in [0.15, 0.2) is 0 Å². The van der Waals surface area contributed by atoms with Crippen LogP contribution in [0.4, 0.5) is 0 Å². The molecule has 6 atom stereocenters. The molecule has 5 heteroatoms. The Kier molecular flexibility index (Phi) is 4.03. The van der Waals surface area contributed by atoms with E-state index in [0.29, 0.717) is 17.6 Å². The number of hydrogen-bond acceptors (Lipinski definition) is 4. The number of carbonyl (C=O) groups excluding carboxylic acids is 3. The fourth-order valence-corrected chi connectivity index (χ4v) is 5.65. The number of ether oxygens (including phenoxy) is 1. The molecule has 2 bridgehead atoms. The van der Waals surface area contributed by atoms with Gasteiger partial charge in [0.05, 0.1) is 18.3 Å². The summed E-state index contributed by atoms with van der Waals surface area (Å²) in [6.45, 7) is 6.49. The van der Waals surface area contributed by atoms with Crippen molar-refractivity contribution in [3.8, 4) is 5.75 Å². The summed E-state index contributed by atoms with van der Waals surface area (Å²) < 4.78 is 5.41. The summed E-state index contributed by atoms with van der Waals surface area (Å²) in [4.78, 5) is 39.5. The molecular formula is C24H27NO4. The van der Waals surface area contributed by atoms with Crippen LogP contribution in [0.15, 0.2) is 36.4 Å². The Hall–Kier alpha value is -2.43. The standard InChI is InChI=1S/C24H27NO4/c1-24(2,3)13-4-6-14(7-5-13)29-19(26)10-11-25-22(27)20-15-8-9-16(18-12-17(15)18)21(20)23(25)28/h4-9,15-18,20-21H,10-12H2,1-3H3/t15-,16-,17-,18+,20+,21-/m1/s1. The number of likely N-dealkylation sites (tertiary alicyclic amines) is 1. The molecule has 1 aromatic carbocycles. The summed E-state index contributed by atoms with van der Waals surface area (Å²) in [5, 5.41) is 0. The number of imide groups is 1. The molecule has 0 spiro atoms. The highest BCUT2D eigenvalue weighted by molar-refractivity contribution is 6.06. The molecule has 4 aliphatic carbocycles. The molecule has 6 rings (SSSR count). The first kappa shape index (κ1) is 18.6. The Labute approximate surface area is 171 Å². The van der Waals surface area contributed by atoms with Crippen molar-refractivity contribution in [1.29, 1.82) is 0 Å². The van der Waals surface area contributed by atoms with E-state index in [1.54, 1.807) is 12.1 Å². The lowest BCUT2D eigenvalue weighted by Crippen LogP contribution is -2.40. The smallest absolute Gasteiger partial charge is 0.312 e. The summed E-state index contributed by atoms with van der Waals surface area (Å²) in [5.74, 6) is 1.07. The van der Waals surface area contributed by atoms with Crippen molar-refractivity contribution in [3.05, 3.63) is 42.0 Å². The number of rotatable bonds is 4. The van der Waals surface area contributed by atoms with Gasteiger partial charge in [0.1, 0.15) is 5.75 Å².